The fourth-order valence-corrected chi connectivity index (χ4v) is 2.42. The predicted molar refractivity (Wildman–Crippen MR) is 58.9 cm³/mol. The highest BCUT2D eigenvalue weighted by Crippen LogP contribution is 2.32. The molecule has 0 amide bonds. The average molecular weight is 294 g/mol. The van der Waals surface area contributed by atoms with Crippen molar-refractivity contribution in [3.05, 3.63) is 33.6 Å². The lowest BCUT2D eigenvalue weighted by Gasteiger charge is -2.24. The molecule has 1 aliphatic rings. The van der Waals surface area contributed by atoms with Gasteiger partial charge in [-0.2, -0.15) is 0 Å². The Bertz CT molecular complexity index is 403. The molecule has 1 aliphatic heterocycles. The van der Waals surface area contributed by atoms with E-state index in [9.17, 15) is 13.2 Å². The largest absolute Gasteiger partial charge is 0.316 e. The second kappa shape index (κ2) is 4.75. The molecule has 1 nitrogen and oxygen atoms in total. The van der Waals surface area contributed by atoms with Gasteiger partial charge in [0.05, 0.1) is 4.47 Å². The van der Waals surface area contributed by atoms with Crippen molar-refractivity contribution in [2.45, 2.75) is 18.8 Å². The molecule has 1 aromatic carbocycles. The molecule has 1 aromatic rings. The standard InChI is InChI=1S/C11H11BrF3N/c12-9-10(14)7(4-8(13)11(9)15)6-2-1-3-16-5-6/h4,6,16H,1-3,5H2. The van der Waals surface area contributed by atoms with Crippen LogP contribution in [0.1, 0.15) is 24.3 Å². The van der Waals surface area contributed by atoms with Crippen LogP contribution in [0.4, 0.5) is 13.2 Å². The number of hydrogen-bond donors (Lipinski definition) is 1. The van der Waals surface area contributed by atoms with Gasteiger partial charge in [0, 0.05) is 6.54 Å². The number of rotatable bonds is 1. The van der Waals surface area contributed by atoms with Crippen molar-refractivity contribution in [2.24, 2.45) is 0 Å². The first-order chi connectivity index (χ1) is 7.61. The van der Waals surface area contributed by atoms with Crippen LogP contribution in [0, 0.1) is 17.5 Å². The summed E-state index contributed by atoms with van der Waals surface area (Å²) in [7, 11) is 0. The Labute approximate surface area is 100 Å². The van der Waals surface area contributed by atoms with Crippen molar-refractivity contribution in [2.75, 3.05) is 13.1 Å². The Morgan fingerprint density at radius 1 is 1.25 bits per heavy atom. The molecule has 0 radical (unpaired) electrons. The molecule has 1 heterocycles. The van der Waals surface area contributed by atoms with Gasteiger partial charge in [-0.25, -0.2) is 13.2 Å². The van der Waals surface area contributed by atoms with Crippen molar-refractivity contribution in [3.63, 3.8) is 0 Å². The van der Waals surface area contributed by atoms with Gasteiger partial charge in [-0.15, -0.1) is 0 Å². The van der Waals surface area contributed by atoms with Gasteiger partial charge < -0.3 is 5.32 Å². The number of piperidine rings is 1. The van der Waals surface area contributed by atoms with E-state index in [4.69, 9.17) is 0 Å². The highest BCUT2D eigenvalue weighted by Gasteiger charge is 2.23. The van der Waals surface area contributed by atoms with E-state index in [0.29, 0.717) is 6.54 Å². The molecule has 2 rings (SSSR count). The Balaban J connectivity index is 2.40. The Hall–Kier alpha value is -0.550. The number of hydrogen-bond acceptors (Lipinski definition) is 1. The van der Waals surface area contributed by atoms with Crippen LogP contribution in [-0.2, 0) is 0 Å². The van der Waals surface area contributed by atoms with Gasteiger partial charge in [0.1, 0.15) is 5.82 Å². The van der Waals surface area contributed by atoms with Crippen LogP contribution in [0.25, 0.3) is 0 Å². The van der Waals surface area contributed by atoms with Crippen molar-refractivity contribution < 1.29 is 13.2 Å². The van der Waals surface area contributed by atoms with Gasteiger partial charge >= 0.3 is 0 Å². The van der Waals surface area contributed by atoms with Crippen LogP contribution in [0.3, 0.4) is 0 Å². The third-order valence-electron chi connectivity index (χ3n) is 2.87. The van der Waals surface area contributed by atoms with Crippen LogP contribution < -0.4 is 5.32 Å². The summed E-state index contributed by atoms with van der Waals surface area (Å²) in [5, 5.41) is 3.12. The maximum Gasteiger partial charge on any atom is 0.175 e. The van der Waals surface area contributed by atoms with E-state index in [1.807, 2.05) is 0 Å². The van der Waals surface area contributed by atoms with Crippen molar-refractivity contribution in [1.82, 2.24) is 5.32 Å². The minimum absolute atomic E-state index is 0.0832. The lowest BCUT2D eigenvalue weighted by molar-refractivity contribution is 0.431. The lowest BCUT2D eigenvalue weighted by atomic mass is 9.91. The lowest BCUT2D eigenvalue weighted by Crippen LogP contribution is -2.29. The SMILES string of the molecule is Fc1cc(C2CCCNC2)c(F)c(Br)c1F. The molecule has 0 spiro atoms. The molecule has 0 saturated carbocycles. The van der Waals surface area contributed by atoms with Gasteiger partial charge in [-0.05, 0) is 52.9 Å². The molecule has 0 aromatic heterocycles. The quantitative estimate of drug-likeness (QED) is 0.619. The second-order valence-corrected chi connectivity index (χ2v) is 4.73. The summed E-state index contributed by atoms with van der Waals surface area (Å²) in [6, 6.07) is 0.965. The zero-order valence-corrected chi connectivity index (χ0v) is 10.1. The normalized spacial score (nSPS) is 21.1. The van der Waals surface area contributed by atoms with Crippen molar-refractivity contribution >= 4 is 15.9 Å². The summed E-state index contributed by atoms with van der Waals surface area (Å²) in [6.45, 7) is 1.50. The molecular weight excluding hydrogens is 283 g/mol. The van der Waals surface area contributed by atoms with Gasteiger partial charge in [0.15, 0.2) is 11.6 Å². The van der Waals surface area contributed by atoms with E-state index in [1.54, 1.807) is 0 Å². The van der Waals surface area contributed by atoms with Crippen LogP contribution in [0.15, 0.2) is 10.5 Å². The zero-order valence-electron chi connectivity index (χ0n) is 8.49. The second-order valence-electron chi connectivity index (χ2n) is 3.93. The number of benzene rings is 1. The fourth-order valence-electron chi connectivity index (χ4n) is 2.01. The summed E-state index contributed by atoms with van der Waals surface area (Å²) in [5.41, 5.74) is 0.248. The summed E-state index contributed by atoms with van der Waals surface area (Å²) in [6.07, 6.45) is 1.71. The van der Waals surface area contributed by atoms with E-state index in [-0.39, 0.29) is 11.5 Å². The van der Waals surface area contributed by atoms with Crippen LogP contribution >= 0.6 is 15.9 Å². The summed E-state index contributed by atoms with van der Waals surface area (Å²) >= 11 is 2.74. The summed E-state index contributed by atoms with van der Waals surface area (Å²) in [4.78, 5) is 0. The molecule has 1 saturated heterocycles. The fraction of sp³-hybridized carbons (Fsp3) is 0.455. The Morgan fingerprint density at radius 2 is 2.00 bits per heavy atom. The van der Waals surface area contributed by atoms with Crippen LogP contribution in [0.2, 0.25) is 0 Å². The van der Waals surface area contributed by atoms with E-state index in [2.05, 4.69) is 21.2 Å². The third-order valence-corrected chi connectivity index (χ3v) is 3.56. The first-order valence-corrected chi connectivity index (χ1v) is 5.94. The Kier molecular flexibility index (Phi) is 3.54. The molecule has 1 N–H and O–H groups in total. The Morgan fingerprint density at radius 3 is 2.62 bits per heavy atom. The monoisotopic (exact) mass is 293 g/mol. The van der Waals surface area contributed by atoms with E-state index in [0.717, 1.165) is 25.5 Å². The third kappa shape index (κ3) is 2.11. The minimum atomic E-state index is -1.16. The zero-order chi connectivity index (χ0) is 11.7. The first-order valence-electron chi connectivity index (χ1n) is 5.15. The van der Waals surface area contributed by atoms with Crippen molar-refractivity contribution in [3.8, 4) is 0 Å². The van der Waals surface area contributed by atoms with Gasteiger partial charge in [-0.3, -0.25) is 0 Å². The average Bonchev–Trinajstić information content (AvgIpc) is 2.32. The maximum absolute atomic E-state index is 13.7. The topological polar surface area (TPSA) is 12.0 Å². The number of halogens is 4. The molecular formula is C11H11BrF3N. The van der Waals surface area contributed by atoms with Gasteiger partial charge in [0.25, 0.3) is 0 Å². The summed E-state index contributed by atoms with van der Waals surface area (Å²) in [5.74, 6) is -2.94. The highest BCUT2D eigenvalue weighted by atomic mass is 79.9. The maximum atomic E-state index is 13.7. The molecule has 5 heteroatoms. The minimum Gasteiger partial charge on any atom is -0.316 e. The van der Waals surface area contributed by atoms with Crippen molar-refractivity contribution in [1.29, 1.82) is 0 Å². The van der Waals surface area contributed by atoms with E-state index >= 15 is 0 Å². The van der Waals surface area contributed by atoms with E-state index < -0.39 is 21.9 Å². The smallest absolute Gasteiger partial charge is 0.175 e. The summed E-state index contributed by atoms with van der Waals surface area (Å²) < 4.78 is 39.6. The van der Waals surface area contributed by atoms with E-state index in [1.165, 1.54) is 0 Å². The molecule has 0 aliphatic carbocycles. The van der Waals surface area contributed by atoms with Crippen LogP contribution in [0.5, 0.6) is 0 Å². The molecule has 16 heavy (non-hydrogen) atoms. The molecule has 1 unspecified atom stereocenters. The molecule has 88 valence electrons. The number of nitrogens with one attached hydrogen (secondary N) is 1. The molecule has 1 fully saturated rings. The predicted octanol–water partition coefficient (Wildman–Crippen LogP) is 3.33. The highest BCUT2D eigenvalue weighted by molar-refractivity contribution is 9.10. The molecule has 1 atom stereocenters. The van der Waals surface area contributed by atoms with Crippen LogP contribution in [-0.4, -0.2) is 13.1 Å². The first kappa shape index (κ1) is 11.9. The van der Waals surface area contributed by atoms with Gasteiger partial charge in [-0.1, -0.05) is 0 Å². The van der Waals surface area contributed by atoms with Gasteiger partial charge in [0.2, 0.25) is 0 Å². The molecule has 0 bridgehead atoms.